The molecule has 3 aromatic rings. The summed E-state index contributed by atoms with van der Waals surface area (Å²) < 4.78 is 0. The summed E-state index contributed by atoms with van der Waals surface area (Å²) in [5.41, 5.74) is 6.07. The monoisotopic (exact) mass is 334 g/mol. The molecule has 0 spiro atoms. The molecule has 3 N–H and O–H groups in total. The van der Waals surface area contributed by atoms with Crippen LogP contribution in [0.2, 0.25) is 0 Å². The van der Waals surface area contributed by atoms with Crippen molar-refractivity contribution in [2.45, 2.75) is 26.3 Å². The van der Waals surface area contributed by atoms with E-state index in [1.54, 1.807) is 0 Å². The van der Waals surface area contributed by atoms with Crippen LogP contribution in [-0.2, 0) is 4.79 Å². The van der Waals surface area contributed by atoms with Crippen LogP contribution in [-0.4, -0.2) is 17.9 Å². The molecule has 4 nitrogen and oxygen atoms in total. The quantitative estimate of drug-likeness (QED) is 0.700. The molecule has 0 fully saturated rings. The highest BCUT2D eigenvalue weighted by Crippen LogP contribution is 2.28. The van der Waals surface area contributed by atoms with Crippen molar-refractivity contribution in [1.29, 1.82) is 0 Å². The maximum Gasteiger partial charge on any atom is 0.253 e. The molecule has 3 rings (SSSR count). The number of nitrogens with one attached hydrogen (secondary N) is 1. The van der Waals surface area contributed by atoms with Gasteiger partial charge >= 0.3 is 0 Å². The summed E-state index contributed by atoms with van der Waals surface area (Å²) in [4.78, 5) is 24.8. The van der Waals surface area contributed by atoms with Crippen LogP contribution in [0.25, 0.3) is 21.5 Å². The predicted molar refractivity (Wildman–Crippen MR) is 101 cm³/mol. The minimum atomic E-state index is -0.676. The zero-order valence-corrected chi connectivity index (χ0v) is 14.5. The molecule has 0 aliphatic rings. The van der Waals surface area contributed by atoms with Crippen LogP contribution >= 0.6 is 0 Å². The Balaban J connectivity index is 2.11. The van der Waals surface area contributed by atoms with E-state index in [4.69, 9.17) is 5.73 Å². The smallest absolute Gasteiger partial charge is 0.253 e. The summed E-state index contributed by atoms with van der Waals surface area (Å²) in [6.45, 7) is 3.99. The molecule has 128 valence electrons. The van der Waals surface area contributed by atoms with E-state index in [2.05, 4.69) is 11.4 Å². The summed E-state index contributed by atoms with van der Waals surface area (Å²) >= 11 is 0. The molecule has 0 saturated carbocycles. The fourth-order valence-electron chi connectivity index (χ4n) is 3.21. The summed E-state index contributed by atoms with van der Waals surface area (Å²) in [6.07, 6.45) is 0.518. The minimum absolute atomic E-state index is 0.252. The normalized spacial score (nSPS) is 12.4. The second kappa shape index (κ2) is 6.93. The number of rotatable bonds is 5. The number of amides is 2. The molecule has 0 heterocycles. The summed E-state index contributed by atoms with van der Waals surface area (Å²) in [7, 11) is 0. The maximum absolute atomic E-state index is 13.1. The third-order valence-corrected chi connectivity index (χ3v) is 4.35. The van der Waals surface area contributed by atoms with E-state index in [-0.39, 0.29) is 11.8 Å². The van der Waals surface area contributed by atoms with Crippen molar-refractivity contribution in [3.63, 3.8) is 0 Å². The molecule has 4 heteroatoms. The lowest BCUT2D eigenvalue weighted by molar-refractivity contribution is -0.120. The van der Waals surface area contributed by atoms with Crippen molar-refractivity contribution in [2.24, 2.45) is 11.7 Å². The van der Waals surface area contributed by atoms with Gasteiger partial charge in [0.2, 0.25) is 5.91 Å². The Morgan fingerprint density at radius 3 is 1.96 bits per heavy atom. The largest absolute Gasteiger partial charge is 0.368 e. The number of primary amides is 1. The van der Waals surface area contributed by atoms with Crippen molar-refractivity contribution in [2.75, 3.05) is 0 Å². The Morgan fingerprint density at radius 2 is 1.48 bits per heavy atom. The number of carbonyl (C=O) groups is 2. The van der Waals surface area contributed by atoms with Gasteiger partial charge < -0.3 is 11.1 Å². The molecule has 0 saturated heterocycles. The molecular weight excluding hydrogens is 312 g/mol. The van der Waals surface area contributed by atoms with E-state index in [1.165, 1.54) is 0 Å². The predicted octanol–water partition coefficient (Wildman–Crippen LogP) is 3.62. The fraction of sp³-hybridized carbons (Fsp3) is 0.238. The molecule has 0 radical (unpaired) electrons. The molecule has 0 bridgehead atoms. The number of fused-ring (bicyclic) bond motifs is 2. The zero-order chi connectivity index (χ0) is 18.0. The molecule has 0 aliphatic carbocycles. The maximum atomic E-state index is 13.1. The topological polar surface area (TPSA) is 72.2 Å². The Bertz CT molecular complexity index is 893. The van der Waals surface area contributed by atoms with Gasteiger partial charge in [-0.1, -0.05) is 62.4 Å². The van der Waals surface area contributed by atoms with Crippen LogP contribution in [0.5, 0.6) is 0 Å². The number of nitrogens with two attached hydrogens (primary N) is 1. The van der Waals surface area contributed by atoms with Crippen molar-refractivity contribution >= 4 is 33.4 Å². The molecule has 3 aromatic carbocycles. The summed E-state index contributed by atoms with van der Waals surface area (Å²) in [6, 6.07) is 16.9. The van der Waals surface area contributed by atoms with Crippen LogP contribution in [0.15, 0.2) is 54.6 Å². The average molecular weight is 334 g/mol. The highest BCUT2D eigenvalue weighted by Gasteiger charge is 2.22. The first-order valence-corrected chi connectivity index (χ1v) is 8.48. The van der Waals surface area contributed by atoms with E-state index in [0.29, 0.717) is 12.0 Å². The number of hydrogen-bond acceptors (Lipinski definition) is 2. The van der Waals surface area contributed by atoms with Gasteiger partial charge in [-0.25, -0.2) is 0 Å². The first kappa shape index (κ1) is 17.0. The Hall–Kier alpha value is -2.88. The van der Waals surface area contributed by atoms with E-state index in [1.807, 2.05) is 62.4 Å². The molecule has 1 atom stereocenters. The van der Waals surface area contributed by atoms with Gasteiger partial charge in [0.25, 0.3) is 5.91 Å². The number of benzene rings is 3. The van der Waals surface area contributed by atoms with Gasteiger partial charge in [0.05, 0.1) is 5.56 Å². The fourth-order valence-corrected chi connectivity index (χ4v) is 3.21. The first-order chi connectivity index (χ1) is 12.0. The number of carbonyl (C=O) groups excluding carboxylic acids is 2. The standard InChI is InChI=1S/C21H22N2O2/c1-13(2)11-18(20(22)24)23-21(25)19-16-9-5-3-7-14(16)12-15-8-4-6-10-17(15)19/h3-10,12-13,18H,11H2,1-2H3,(H2,22,24)(H,23,25)/t18-/m1/s1. The molecular formula is C21H22N2O2. The molecule has 2 amide bonds. The Kier molecular flexibility index (Phi) is 4.70. The molecule has 25 heavy (non-hydrogen) atoms. The minimum Gasteiger partial charge on any atom is -0.368 e. The summed E-state index contributed by atoms with van der Waals surface area (Å²) in [5, 5.41) is 6.55. The van der Waals surface area contributed by atoms with Gasteiger partial charge in [0.1, 0.15) is 6.04 Å². The molecule has 0 aliphatic heterocycles. The lowest BCUT2D eigenvalue weighted by Gasteiger charge is -2.19. The van der Waals surface area contributed by atoms with E-state index in [9.17, 15) is 9.59 Å². The van der Waals surface area contributed by atoms with Gasteiger partial charge in [-0.05, 0) is 39.9 Å². The zero-order valence-electron chi connectivity index (χ0n) is 14.5. The van der Waals surface area contributed by atoms with Gasteiger partial charge in [-0.2, -0.15) is 0 Å². The highest BCUT2D eigenvalue weighted by molar-refractivity contribution is 6.18. The van der Waals surface area contributed by atoms with Crippen molar-refractivity contribution in [1.82, 2.24) is 5.32 Å². The van der Waals surface area contributed by atoms with E-state index < -0.39 is 11.9 Å². The van der Waals surface area contributed by atoms with Gasteiger partial charge in [0.15, 0.2) is 0 Å². The average Bonchev–Trinajstić information content (AvgIpc) is 2.58. The molecule has 0 aromatic heterocycles. The SMILES string of the molecule is CC(C)C[C@@H](NC(=O)c1c2ccccc2cc2ccccc12)C(N)=O. The van der Waals surface area contributed by atoms with Crippen LogP contribution in [0.3, 0.4) is 0 Å². The van der Waals surface area contributed by atoms with Crippen LogP contribution in [0.4, 0.5) is 0 Å². The van der Waals surface area contributed by atoms with Crippen molar-refractivity contribution < 1.29 is 9.59 Å². The van der Waals surface area contributed by atoms with Crippen LogP contribution < -0.4 is 11.1 Å². The van der Waals surface area contributed by atoms with E-state index >= 15 is 0 Å². The second-order valence-corrected chi connectivity index (χ2v) is 6.75. The van der Waals surface area contributed by atoms with Crippen molar-refractivity contribution in [3.8, 4) is 0 Å². The lowest BCUT2D eigenvalue weighted by Crippen LogP contribution is -2.45. The summed E-state index contributed by atoms with van der Waals surface area (Å²) in [5.74, 6) is -0.522. The van der Waals surface area contributed by atoms with Gasteiger partial charge in [-0.3, -0.25) is 9.59 Å². The Morgan fingerprint density at radius 1 is 0.960 bits per heavy atom. The van der Waals surface area contributed by atoms with Crippen LogP contribution in [0.1, 0.15) is 30.6 Å². The second-order valence-electron chi connectivity index (χ2n) is 6.75. The molecule has 0 unspecified atom stereocenters. The highest BCUT2D eigenvalue weighted by atomic mass is 16.2. The van der Waals surface area contributed by atoms with Crippen LogP contribution in [0, 0.1) is 5.92 Å². The number of hydrogen-bond donors (Lipinski definition) is 2. The van der Waals surface area contributed by atoms with Gasteiger partial charge in [-0.15, -0.1) is 0 Å². The lowest BCUT2D eigenvalue weighted by atomic mass is 9.95. The van der Waals surface area contributed by atoms with Crippen molar-refractivity contribution in [3.05, 3.63) is 60.2 Å². The van der Waals surface area contributed by atoms with E-state index in [0.717, 1.165) is 21.5 Å². The Labute approximate surface area is 147 Å². The first-order valence-electron chi connectivity index (χ1n) is 8.48. The van der Waals surface area contributed by atoms with Gasteiger partial charge in [0, 0.05) is 0 Å². The third-order valence-electron chi connectivity index (χ3n) is 4.35. The third kappa shape index (κ3) is 3.48.